The van der Waals surface area contributed by atoms with Gasteiger partial charge in [-0.2, -0.15) is 4.68 Å². The lowest BCUT2D eigenvalue weighted by Crippen LogP contribution is -2.21. The van der Waals surface area contributed by atoms with E-state index < -0.39 is 0 Å². The third kappa shape index (κ3) is 1.93. The van der Waals surface area contributed by atoms with Gasteiger partial charge in [-0.15, -0.1) is 5.10 Å². The van der Waals surface area contributed by atoms with E-state index in [1.54, 1.807) is 41.0 Å². The summed E-state index contributed by atoms with van der Waals surface area (Å²) in [6.07, 6.45) is 5.71. The Hall–Kier alpha value is -2.67. The number of aryl methyl sites for hydroxylation is 1. The molecule has 0 unspecified atom stereocenters. The second kappa shape index (κ2) is 4.70. The fraction of sp³-hybridized carbons (Fsp3) is 0.294. The first-order valence-electron chi connectivity index (χ1n) is 8.06. The molecular weight excluding hydrogens is 340 g/mol. The van der Waals surface area contributed by atoms with Gasteiger partial charge >= 0.3 is 0 Å². The van der Waals surface area contributed by atoms with Gasteiger partial charge in [0, 0.05) is 17.5 Å². The van der Waals surface area contributed by atoms with Gasteiger partial charge in [0.05, 0.1) is 22.8 Å². The molecule has 3 aromatic heterocycles. The standard InChI is InChI=1S/C17H15ClN6O/c1-17(5-6-17)13-8-20-21-24(13)14-15-22(2)16(25)11-7-10(18)3-4-12(11)23(15)9-19-14/h3-4,7-9H,5-6H2,1-2H3. The van der Waals surface area contributed by atoms with Crippen molar-refractivity contribution in [2.24, 2.45) is 7.05 Å². The van der Waals surface area contributed by atoms with Crippen molar-refractivity contribution in [1.82, 2.24) is 28.9 Å². The van der Waals surface area contributed by atoms with E-state index >= 15 is 0 Å². The Labute approximate surface area is 147 Å². The van der Waals surface area contributed by atoms with Crippen molar-refractivity contribution in [3.05, 3.63) is 51.8 Å². The van der Waals surface area contributed by atoms with Crippen LogP contribution in [0.2, 0.25) is 5.02 Å². The highest BCUT2D eigenvalue weighted by molar-refractivity contribution is 6.31. The molecule has 126 valence electrons. The number of rotatable bonds is 2. The average Bonchev–Trinajstić information content (AvgIpc) is 3.03. The van der Waals surface area contributed by atoms with Gasteiger partial charge in [0.2, 0.25) is 0 Å². The van der Waals surface area contributed by atoms with Crippen LogP contribution in [0.25, 0.3) is 22.4 Å². The van der Waals surface area contributed by atoms with Crippen LogP contribution >= 0.6 is 11.6 Å². The largest absolute Gasteiger partial charge is 0.294 e. The lowest BCUT2D eigenvalue weighted by molar-refractivity contribution is 0.667. The normalized spacial score (nSPS) is 16.0. The fourth-order valence-electron chi connectivity index (χ4n) is 3.38. The Balaban J connectivity index is 1.88. The molecule has 0 spiro atoms. The third-order valence-electron chi connectivity index (χ3n) is 5.16. The van der Waals surface area contributed by atoms with Gasteiger partial charge in [0.1, 0.15) is 6.33 Å². The predicted molar refractivity (Wildman–Crippen MR) is 94.5 cm³/mol. The summed E-state index contributed by atoms with van der Waals surface area (Å²) in [4.78, 5) is 17.4. The van der Waals surface area contributed by atoms with Crippen LogP contribution in [-0.2, 0) is 12.5 Å². The van der Waals surface area contributed by atoms with Crippen molar-refractivity contribution in [2.75, 3.05) is 0 Å². The zero-order valence-corrected chi connectivity index (χ0v) is 14.5. The van der Waals surface area contributed by atoms with Gasteiger partial charge < -0.3 is 0 Å². The highest BCUT2D eigenvalue weighted by atomic mass is 35.5. The Morgan fingerprint density at radius 2 is 2.08 bits per heavy atom. The summed E-state index contributed by atoms with van der Waals surface area (Å²) in [5.41, 5.74) is 2.43. The van der Waals surface area contributed by atoms with Crippen molar-refractivity contribution in [1.29, 1.82) is 0 Å². The quantitative estimate of drug-likeness (QED) is 0.554. The summed E-state index contributed by atoms with van der Waals surface area (Å²) >= 11 is 6.06. The van der Waals surface area contributed by atoms with E-state index in [-0.39, 0.29) is 11.0 Å². The Morgan fingerprint density at radius 1 is 1.28 bits per heavy atom. The molecule has 0 aliphatic heterocycles. The Kier molecular flexibility index (Phi) is 2.75. The summed E-state index contributed by atoms with van der Waals surface area (Å²) in [5.74, 6) is 0.608. The summed E-state index contributed by atoms with van der Waals surface area (Å²) in [5, 5.41) is 9.40. The molecule has 3 heterocycles. The highest BCUT2D eigenvalue weighted by Gasteiger charge is 2.43. The first-order valence-corrected chi connectivity index (χ1v) is 8.44. The van der Waals surface area contributed by atoms with Crippen molar-refractivity contribution in [3.8, 4) is 5.82 Å². The molecule has 4 aromatic rings. The van der Waals surface area contributed by atoms with E-state index in [9.17, 15) is 4.79 Å². The molecule has 1 saturated carbocycles. The second-order valence-corrected chi connectivity index (χ2v) is 7.32. The lowest BCUT2D eigenvalue weighted by atomic mass is 10.1. The number of hydrogen-bond acceptors (Lipinski definition) is 4. The number of nitrogens with zero attached hydrogens (tertiary/aromatic N) is 6. The molecule has 7 nitrogen and oxygen atoms in total. The highest BCUT2D eigenvalue weighted by Crippen LogP contribution is 2.47. The van der Waals surface area contributed by atoms with Crippen LogP contribution in [0.5, 0.6) is 0 Å². The van der Waals surface area contributed by atoms with Gasteiger partial charge in [-0.05, 0) is 31.0 Å². The van der Waals surface area contributed by atoms with Crippen LogP contribution in [0, 0.1) is 0 Å². The van der Waals surface area contributed by atoms with E-state index in [0.717, 1.165) is 24.1 Å². The number of fused-ring (bicyclic) bond motifs is 3. The maximum atomic E-state index is 12.8. The number of benzene rings is 1. The first kappa shape index (κ1) is 14.7. The van der Waals surface area contributed by atoms with E-state index in [1.807, 2.05) is 10.5 Å². The van der Waals surface area contributed by atoms with Crippen LogP contribution < -0.4 is 5.56 Å². The molecule has 8 heteroatoms. The minimum absolute atomic E-state index is 0.0860. The molecule has 0 amide bonds. The molecule has 1 aromatic carbocycles. The minimum Gasteiger partial charge on any atom is -0.294 e. The molecule has 1 fully saturated rings. The summed E-state index contributed by atoms with van der Waals surface area (Å²) in [7, 11) is 1.73. The number of imidazole rings is 1. The molecule has 1 aliphatic rings. The number of halogens is 1. The van der Waals surface area contributed by atoms with Crippen molar-refractivity contribution < 1.29 is 0 Å². The maximum Gasteiger partial charge on any atom is 0.261 e. The molecule has 25 heavy (non-hydrogen) atoms. The lowest BCUT2D eigenvalue weighted by Gasteiger charge is -2.11. The van der Waals surface area contributed by atoms with E-state index in [2.05, 4.69) is 22.2 Å². The van der Waals surface area contributed by atoms with Gasteiger partial charge in [0.15, 0.2) is 11.5 Å². The molecule has 0 N–H and O–H groups in total. The fourth-order valence-corrected chi connectivity index (χ4v) is 3.56. The van der Waals surface area contributed by atoms with Crippen LogP contribution in [0.1, 0.15) is 25.5 Å². The van der Waals surface area contributed by atoms with Gasteiger partial charge in [-0.3, -0.25) is 13.8 Å². The SMILES string of the molecule is Cn1c(=O)c2cc(Cl)ccc2n2cnc(-n3nncc3C3(C)CC3)c12. The zero-order chi connectivity index (χ0) is 17.3. The van der Waals surface area contributed by atoms with Gasteiger partial charge in [0.25, 0.3) is 5.56 Å². The maximum absolute atomic E-state index is 12.8. The van der Waals surface area contributed by atoms with Crippen molar-refractivity contribution in [2.45, 2.75) is 25.2 Å². The Morgan fingerprint density at radius 3 is 2.84 bits per heavy atom. The summed E-state index contributed by atoms with van der Waals surface area (Å²) in [6, 6.07) is 5.29. The summed E-state index contributed by atoms with van der Waals surface area (Å²) < 4.78 is 5.23. The third-order valence-corrected chi connectivity index (χ3v) is 5.40. The van der Waals surface area contributed by atoms with Crippen LogP contribution in [0.15, 0.2) is 35.5 Å². The molecule has 0 radical (unpaired) electrons. The van der Waals surface area contributed by atoms with Gasteiger partial charge in [-0.25, -0.2) is 4.98 Å². The number of hydrogen-bond donors (Lipinski definition) is 0. The average molecular weight is 355 g/mol. The van der Waals surface area contributed by atoms with Crippen LogP contribution in [0.4, 0.5) is 0 Å². The molecule has 0 bridgehead atoms. The van der Waals surface area contributed by atoms with E-state index in [0.29, 0.717) is 21.9 Å². The zero-order valence-electron chi connectivity index (χ0n) is 13.8. The molecule has 0 saturated heterocycles. The number of aromatic nitrogens is 6. The molecular formula is C17H15ClN6O. The topological polar surface area (TPSA) is 70.0 Å². The molecule has 1 aliphatic carbocycles. The predicted octanol–water partition coefficient (Wildman–Crippen LogP) is 2.47. The van der Waals surface area contributed by atoms with Crippen LogP contribution in [0.3, 0.4) is 0 Å². The van der Waals surface area contributed by atoms with E-state index in [4.69, 9.17) is 11.6 Å². The minimum atomic E-state index is -0.119. The van der Waals surface area contributed by atoms with Crippen molar-refractivity contribution >= 4 is 28.2 Å². The molecule has 5 rings (SSSR count). The van der Waals surface area contributed by atoms with Gasteiger partial charge in [-0.1, -0.05) is 23.7 Å². The van der Waals surface area contributed by atoms with Crippen molar-refractivity contribution in [3.63, 3.8) is 0 Å². The molecule has 0 atom stereocenters. The Bertz CT molecular complexity index is 1210. The first-order chi connectivity index (χ1) is 12.0. The van der Waals surface area contributed by atoms with Crippen LogP contribution in [-0.4, -0.2) is 28.9 Å². The second-order valence-electron chi connectivity index (χ2n) is 6.88. The van der Waals surface area contributed by atoms with E-state index in [1.165, 1.54) is 0 Å². The smallest absolute Gasteiger partial charge is 0.261 e. The monoisotopic (exact) mass is 354 g/mol. The summed E-state index contributed by atoms with van der Waals surface area (Å²) in [6.45, 7) is 2.19.